The van der Waals surface area contributed by atoms with E-state index in [0.29, 0.717) is 33.1 Å². The Balaban J connectivity index is 2.41. The monoisotopic (exact) mass is 568 g/mol. The smallest absolute Gasteiger partial charge is 0.341 e. The van der Waals surface area contributed by atoms with E-state index in [0.717, 1.165) is 0 Å². The van der Waals surface area contributed by atoms with Crippen molar-refractivity contribution in [1.29, 1.82) is 0 Å². The third kappa shape index (κ3) is 5.84. The van der Waals surface area contributed by atoms with Crippen LogP contribution in [-0.4, -0.2) is 39.5 Å². The summed E-state index contributed by atoms with van der Waals surface area (Å²) in [7, 11) is -0.742. The molecule has 40 heavy (non-hydrogen) atoms. The Bertz CT molecular complexity index is 1440. The molecule has 0 aliphatic carbocycles. The Hall–Kier alpha value is -3.48. The Morgan fingerprint density at radius 2 is 1.73 bits per heavy atom. The third-order valence-corrected chi connectivity index (χ3v) is 13.8. The second-order valence-corrected chi connectivity index (χ2v) is 16.2. The summed E-state index contributed by atoms with van der Waals surface area (Å²) in [5.74, 6) is 1.34. The molecule has 2 aromatic carbocycles. The molecule has 0 aliphatic heterocycles. The summed E-state index contributed by atoms with van der Waals surface area (Å²) in [6.45, 7) is 14.8. The van der Waals surface area contributed by atoms with E-state index in [2.05, 4.69) is 58.0 Å². The zero-order chi connectivity index (χ0) is 29.8. The molecule has 0 saturated heterocycles. The van der Waals surface area contributed by atoms with E-state index in [9.17, 15) is 4.79 Å². The van der Waals surface area contributed by atoms with Gasteiger partial charge in [-0.3, -0.25) is 4.98 Å². The van der Waals surface area contributed by atoms with Crippen LogP contribution in [0.4, 0.5) is 14.5 Å². The zero-order valence-corrected chi connectivity index (χ0v) is 25.4. The first kappa shape index (κ1) is 31.0. The van der Waals surface area contributed by atoms with Gasteiger partial charge in [0.05, 0.1) is 17.9 Å². The van der Waals surface area contributed by atoms with Gasteiger partial charge in [-0.2, -0.15) is 0 Å². The molecule has 0 bridgehead atoms. The van der Waals surface area contributed by atoms with Crippen molar-refractivity contribution in [1.82, 2.24) is 4.98 Å². The molecule has 9 heteroatoms. The van der Waals surface area contributed by atoms with Crippen LogP contribution < -0.4 is 10.5 Å². The molecule has 0 atom stereocenters. The summed E-state index contributed by atoms with van der Waals surface area (Å²) in [5.41, 5.74) is 10.2. The summed E-state index contributed by atoms with van der Waals surface area (Å²) in [4.78, 5) is 16.5. The molecule has 3 rings (SSSR count). The maximum atomic E-state index is 15.8. The fraction of sp³-hybridized carbons (Fsp3) is 0.419. The number of nitrogens with zero attached hydrogens (tertiary/aromatic N) is 1. The van der Waals surface area contributed by atoms with Crippen molar-refractivity contribution >= 4 is 30.5 Å². The molecule has 0 amide bonds. The average Bonchev–Trinajstić information content (AvgIpc) is 2.89. The minimum absolute atomic E-state index is 0.0517. The summed E-state index contributed by atoms with van der Waals surface area (Å²) in [5, 5.41) is 0.959. The summed E-state index contributed by atoms with van der Waals surface area (Å²) in [6.07, 6.45) is 1.17. The molecule has 6 nitrogen and oxygen atoms in total. The van der Waals surface area contributed by atoms with Gasteiger partial charge in [0.1, 0.15) is 30.9 Å². The number of ether oxygens (including phenoxy) is 3. The molecular formula is C31H38F2N2O4Si. The number of aromatic nitrogens is 1. The first-order valence-corrected chi connectivity index (χ1v) is 15.7. The van der Waals surface area contributed by atoms with Crippen molar-refractivity contribution in [2.45, 2.75) is 65.1 Å². The number of esters is 1. The highest BCUT2D eigenvalue weighted by Gasteiger charge is 2.41. The van der Waals surface area contributed by atoms with Gasteiger partial charge in [0, 0.05) is 24.3 Å². The number of pyridine rings is 1. The second kappa shape index (κ2) is 12.8. The number of halogens is 2. The molecule has 0 unspecified atom stereocenters. The Morgan fingerprint density at radius 3 is 2.30 bits per heavy atom. The maximum Gasteiger partial charge on any atom is 0.341 e. The van der Waals surface area contributed by atoms with Gasteiger partial charge in [0.2, 0.25) is 0 Å². The number of nitrogens with two attached hydrogens (primary N) is 1. The number of nitrogen functional groups attached to an aromatic ring is 1. The van der Waals surface area contributed by atoms with E-state index in [1.54, 1.807) is 25.1 Å². The predicted octanol–water partition coefficient (Wildman–Crippen LogP) is 7.49. The highest BCUT2D eigenvalue weighted by molar-refractivity contribution is 6.90. The van der Waals surface area contributed by atoms with Crippen molar-refractivity contribution in [3.8, 4) is 28.5 Å². The molecule has 214 valence electrons. The SMILES string of the molecule is CCOC(=O)c1cnc(-c2cc(OCOC)cc3ccc(F)c(C#C[Si](C(C)C)(C(C)C)C(C)C)c23)c(F)c1N. The number of anilines is 1. The van der Waals surface area contributed by atoms with Crippen LogP contribution in [0, 0.1) is 23.1 Å². The van der Waals surface area contributed by atoms with Crippen molar-refractivity contribution in [3.05, 3.63) is 53.2 Å². The quantitative estimate of drug-likeness (QED) is 0.125. The zero-order valence-electron chi connectivity index (χ0n) is 24.4. The Kier molecular flexibility index (Phi) is 9.93. The van der Waals surface area contributed by atoms with Crippen LogP contribution in [0.15, 0.2) is 30.5 Å². The summed E-state index contributed by atoms with van der Waals surface area (Å²) in [6, 6.07) is 6.21. The molecule has 1 aromatic heterocycles. The van der Waals surface area contributed by atoms with Crippen molar-refractivity contribution < 1.29 is 27.8 Å². The van der Waals surface area contributed by atoms with Gasteiger partial charge in [-0.05, 0) is 47.1 Å². The Labute approximate surface area is 236 Å². The number of rotatable bonds is 9. The molecule has 1 heterocycles. The molecule has 0 radical (unpaired) electrons. The topological polar surface area (TPSA) is 83.7 Å². The van der Waals surface area contributed by atoms with E-state index in [4.69, 9.17) is 19.9 Å². The largest absolute Gasteiger partial charge is 0.468 e. The lowest BCUT2D eigenvalue weighted by molar-refractivity contribution is 0.0511. The molecule has 0 saturated carbocycles. The van der Waals surface area contributed by atoms with Gasteiger partial charge in [-0.15, -0.1) is 5.54 Å². The number of hydrogen-bond acceptors (Lipinski definition) is 6. The van der Waals surface area contributed by atoms with Gasteiger partial charge >= 0.3 is 5.97 Å². The van der Waals surface area contributed by atoms with E-state index in [-0.39, 0.29) is 35.8 Å². The van der Waals surface area contributed by atoms with Crippen LogP contribution in [0.3, 0.4) is 0 Å². The highest BCUT2D eigenvalue weighted by Crippen LogP contribution is 2.42. The van der Waals surface area contributed by atoms with Crippen LogP contribution in [0.5, 0.6) is 5.75 Å². The lowest BCUT2D eigenvalue weighted by Gasteiger charge is -2.38. The van der Waals surface area contributed by atoms with E-state index >= 15 is 8.78 Å². The average molecular weight is 569 g/mol. The van der Waals surface area contributed by atoms with Gasteiger partial charge in [-0.1, -0.05) is 53.5 Å². The first-order valence-electron chi connectivity index (χ1n) is 13.4. The number of methoxy groups -OCH3 is 1. The van der Waals surface area contributed by atoms with E-state index in [1.807, 2.05) is 0 Å². The molecular weight excluding hydrogens is 530 g/mol. The lowest BCUT2D eigenvalue weighted by atomic mass is 9.95. The van der Waals surface area contributed by atoms with Crippen LogP contribution in [-0.2, 0) is 9.47 Å². The predicted molar refractivity (Wildman–Crippen MR) is 158 cm³/mol. The lowest BCUT2D eigenvalue weighted by Crippen LogP contribution is -2.43. The molecule has 0 aliphatic rings. The number of benzene rings is 2. The molecule has 2 N–H and O–H groups in total. The van der Waals surface area contributed by atoms with Crippen molar-refractivity contribution in [2.75, 3.05) is 26.2 Å². The van der Waals surface area contributed by atoms with E-state index < -0.39 is 31.4 Å². The maximum absolute atomic E-state index is 15.8. The fourth-order valence-electron chi connectivity index (χ4n) is 5.60. The first-order chi connectivity index (χ1) is 18.9. The number of carbonyl (C=O) groups is 1. The second-order valence-electron chi connectivity index (χ2n) is 10.7. The molecule has 0 spiro atoms. The number of carbonyl (C=O) groups excluding carboxylic acids is 1. The van der Waals surface area contributed by atoms with Crippen molar-refractivity contribution in [2.24, 2.45) is 0 Å². The third-order valence-electron chi connectivity index (χ3n) is 7.46. The van der Waals surface area contributed by atoms with Crippen LogP contribution in [0.25, 0.3) is 22.0 Å². The Morgan fingerprint density at radius 1 is 1.07 bits per heavy atom. The van der Waals surface area contributed by atoms with Crippen LogP contribution >= 0.6 is 0 Å². The van der Waals surface area contributed by atoms with Crippen LogP contribution in [0.1, 0.15) is 64.4 Å². The number of hydrogen-bond donors (Lipinski definition) is 1. The minimum Gasteiger partial charge on any atom is -0.468 e. The fourth-order valence-corrected chi connectivity index (χ4v) is 10.8. The van der Waals surface area contributed by atoms with Crippen molar-refractivity contribution in [3.63, 3.8) is 0 Å². The normalized spacial score (nSPS) is 11.7. The molecule has 0 fully saturated rings. The highest BCUT2D eigenvalue weighted by atomic mass is 28.3. The molecule has 3 aromatic rings. The van der Waals surface area contributed by atoms with Gasteiger partial charge in [0.25, 0.3) is 0 Å². The van der Waals surface area contributed by atoms with Crippen LogP contribution in [0.2, 0.25) is 16.6 Å². The summed E-state index contributed by atoms with van der Waals surface area (Å²) < 4.78 is 47.1. The van der Waals surface area contributed by atoms with E-state index in [1.165, 1.54) is 19.4 Å². The number of fused-ring (bicyclic) bond motifs is 1. The van der Waals surface area contributed by atoms with Gasteiger partial charge < -0.3 is 19.9 Å². The van der Waals surface area contributed by atoms with Gasteiger partial charge in [0.15, 0.2) is 12.6 Å². The van der Waals surface area contributed by atoms with Gasteiger partial charge in [-0.25, -0.2) is 13.6 Å². The summed E-state index contributed by atoms with van der Waals surface area (Å²) >= 11 is 0. The standard InChI is InChI=1S/C31H38F2N2O4Si/c1-9-38-31(36)25-16-35-30(28(33)29(25)34)24-15-22(39-17-37-8)14-21-10-11-26(32)23(27(21)24)12-13-40(18(2)3,19(4)5)20(6)7/h10-11,14-16,18-20H,9,17H2,1-8H3,(H2,34,35). The minimum atomic E-state index is -2.22.